The number of carbonyl (C=O) groups excluding carboxylic acids is 1. The molecule has 0 bridgehead atoms. The van der Waals surface area contributed by atoms with E-state index >= 15 is 0 Å². The zero-order valence-corrected chi connectivity index (χ0v) is 10.4. The molecule has 0 aromatic carbocycles. The molecule has 1 aromatic rings. The molecular formula is C13H17NO4. The van der Waals surface area contributed by atoms with E-state index in [4.69, 9.17) is 9.52 Å². The van der Waals surface area contributed by atoms with Gasteiger partial charge in [0.05, 0.1) is 17.2 Å². The quantitative estimate of drug-likeness (QED) is 0.836. The van der Waals surface area contributed by atoms with Gasteiger partial charge in [0.15, 0.2) is 0 Å². The van der Waals surface area contributed by atoms with Crippen LogP contribution in [0.4, 0.5) is 0 Å². The van der Waals surface area contributed by atoms with Gasteiger partial charge in [-0.2, -0.15) is 0 Å². The SMILES string of the molecule is CCc1occc1C(=O)NCC1(C(=O)O)CCC1. The summed E-state index contributed by atoms with van der Waals surface area (Å²) in [5, 5.41) is 11.9. The molecule has 0 saturated heterocycles. The molecule has 1 amide bonds. The summed E-state index contributed by atoms with van der Waals surface area (Å²) in [5.41, 5.74) is -0.261. The van der Waals surface area contributed by atoms with Gasteiger partial charge in [-0.1, -0.05) is 13.3 Å². The molecule has 0 spiro atoms. The normalized spacial score (nSPS) is 16.9. The topological polar surface area (TPSA) is 79.5 Å². The van der Waals surface area contributed by atoms with Gasteiger partial charge in [0.25, 0.3) is 5.91 Å². The fraction of sp³-hybridized carbons (Fsp3) is 0.538. The molecule has 18 heavy (non-hydrogen) atoms. The molecule has 5 heteroatoms. The number of aliphatic carboxylic acids is 1. The highest BCUT2D eigenvalue weighted by Gasteiger charge is 2.44. The lowest BCUT2D eigenvalue weighted by molar-refractivity contribution is -0.153. The first kappa shape index (κ1) is 12.7. The van der Waals surface area contributed by atoms with Crippen molar-refractivity contribution in [1.29, 1.82) is 0 Å². The second kappa shape index (κ2) is 4.84. The summed E-state index contributed by atoms with van der Waals surface area (Å²) >= 11 is 0. The molecule has 1 heterocycles. The van der Waals surface area contributed by atoms with Crippen molar-refractivity contribution < 1.29 is 19.1 Å². The molecule has 0 radical (unpaired) electrons. The number of hydrogen-bond donors (Lipinski definition) is 2. The molecular weight excluding hydrogens is 234 g/mol. The van der Waals surface area contributed by atoms with Crippen LogP contribution in [0.15, 0.2) is 16.7 Å². The number of hydrogen-bond acceptors (Lipinski definition) is 3. The van der Waals surface area contributed by atoms with Crippen molar-refractivity contribution in [3.8, 4) is 0 Å². The molecule has 0 unspecified atom stereocenters. The number of nitrogens with one attached hydrogen (secondary N) is 1. The predicted molar refractivity (Wildman–Crippen MR) is 64.3 cm³/mol. The third-order valence-corrected chi connectivity index (χ3v) is 3.66. The van der Waals surface area contributed by atoms with E-state index < -0.39 is 11.4 Å². The molecule has 1 aliphatic rings. The van der Waals surface area contributed by atoms with Gasteiger partial charge in [0.2, 0.25) is 0 Å². The van der Waals surface area contributed by atoms with E-state index in [1.807, 2.05) is 6.92 Å². The number of amides is 1. The summed E-state index contributed by atoms with van der Waals surface area (Å²) in [7, 11) is 0. The van der Waals surface area contributed by atoms with Gasteiger partial charge >= 0.3 is 5.97 Å². The molecule has 2 rings (SSSR count). The fourth-order valence-corrected chi connectivity index (χ4v) is 2.23. The summed E-state index contributed by atoms with van der Waals surface area (Å²) in [5.74, 6) is -0.449. The van der Waals surface area contributed by atoms with Crippen LogP contribution >= 0.6 is 0 Å². The maximum absolute atomic E-state index is 11.9. The van der Waals surface area contributed by atoms with Crippen LogP contribution < -0.4 is 5.32 Å². The first-order valence-electron chi connectivity index (χ1n) is 6.17. The Morgan fingerprint density at radius 1 is 1.50 bits per heavy atom. The minimum atomic E-state index is -0.822. The Morgan fingerprint density at radius 3 is 2.72 bits per heavy atom. The minimum Gasteiger partial charge on any atom is -0.481 e. The standard InChI is InChI=1S/C13H17NO4/c1-2-10-9(4-7-18-10)11(15)14-8-13(12(16)17)5-3-6-13/h4,7H,2-3,5-6,8H2,1H3,(H,14,15)(H,16,17). The van der Waals surface area contributed by atoms with E-state index in [0.29, 0.717) is 30.6 Å². The Balaban J connectivity index is 1.98. The summed E-state index contributed by atoms with van der Waals surface area (Å²) < 4.78 is 5.18. The average molecular weight is 251 g/mol. The highest BCUT2D eigenvalue weighted by molar-refractivity contribution is 5.95. The Hall–Kier alpha value is -1.78. The van der Waals surface area contributed by atoms with Crippen molar-refractivity contribution in [2.24, 2.45) is 5.41 Å². The van der Waals surface area contributed by atoms with Gasteiger partial charge in [0.1, 0.15) is 5.76 Å². The van der Waals surface area contributed by atoms with Gasteiger partial charge in [-0.25, -0.2) is 0 Å². The molecule has 0 atom stereocenters. The van der Waals surface area contributed by atoms with E-state index in [1.165, 1.54) is 6.26 Å². The van der Waals surface area contributed by atoms with Crippen LogP contribution in [0, 0.1) is 5.41 Å². The fourth-order valence-electron chi connectivity index (χ4n) is 2.23. The van der Waals surface area contributed by atoms with Gasteiger partial charge < -0.3 is 14.8 Å². The lowest BCUT2D eigenvalue weighted by Crippen LogP contribution is -2.47. The van der Waals surface area contributed by atoms with Crippen LogP contribution in [0.5, 0.6) is 0 Å². The lowest BCUT2D eigenvalue weighted by Gasteiger charge is -2.37. The average Bonchev–Trinajstić information content (AvgIpc) is 2.74. The summed E-state index contributed by atoms with van der Waals surface area (Å²) in [6.07, 6.45) is 4.29. The number of carboxylic acids is 1. The van der Waals surface area contributed by atoms with Crippen molar-refractivity contribution >= 4 is 11.9 Å². The molecule has 2 N–H and O–H groups in total. The summed E-state index contributed by atoms with van der Waals surface area (Å²) in [6, 6.07) is 1.61. The van der Waals surface area contributed by atoms with E-state index in [2.05, 4.69) is 5.32 Å². The third kappa shape index (κ3) is 2.12. The van der Waals surface area contributed by atoms with E-state index in [1.54, 1.807) is 6.07 Å². The van der Waals surface area contributed by atoms with Crippen LogP contribution in [0.2, 0.25) is 0 Å². The van der Waals surface area contributed by atoms with Crippen LogP contribution in [0.25, 0.3) is 0 Å². The van der Waals surface area contributed by atoms with E-state index in [9.17, 15) is 9.59 Å². The maximum Gasteiger partial charge on any atom is 0.311 e. The molecule has 1 saturated carbocycles. The first-order chi connectivity index (χ1) is 8.59. The Kier molecular flexibility index (Phi) is 3.41. The van der Waals surface area contributed by atoms with Gasteiger partial charge in [-0.3, -0.25) is 9.59 Å². The number of aryl methyl sites for hydroxylation is 1. The van der Waals surface area contributed by atoms with Crippen LogP contribution in [-0.2, 0) is 11.2 Å². The highest BCUT2D eigenvalue weighted by Crippen LogP contribution is 2.40. The molecule has 1 aromatic heterocycles. The molecule has 98 valence electrons. The van der Waals surface area contributed by atoms with Crippen molar-refractivity contribution in [3.05, 3.63) is 23.7 Å². The van der Waals surface area contributed by atoms with Crippen LogP contribution in [-0.4, -0.2) is 23.5 Å². The summed E-state index contributed by atoms with van der Waals surface area (Å²) in [6.45, 7) is 2.09. The zero-order chi connectivity index (χ0) is 13.2. The smallest absolute Gasteiger partial charge is 0.311 e. The number of carboxylic acid groups (broad SMARTS) is 1. The highest BCUT2D eigenvalue weighted by atomic mass is 16.4. The Bertz CT molecular complexity index is 459. The monoisotopic (exact) mass is 251 g/mol. The molecule has 0 aliphatic heterocycles. The van der Waals surface area contributed by atoms with Crippen LogP contribution in [0.3, 0.4) is 0 Å². The third-order valence-electron chi connectivity index (χ3n) is 3.66. The van der Waals surface area contributed by atoms with Gasteiger partial charge in [0, 0.05) is 13.0 Å². The number of furan rings is 1. The van der Waals surface area contributed by atoms with E-state index in [0.717, 1.165) is 6.42 Å². The first-order valence-corrected chi connectivity index (χ1v) is 6.17. The molecule has 1 fully saturated rings. The van der Waals surface area contributed by atoms with E-state index in [-0.39, 0.29) is 12.5 Å². The molecule has 5 nitrogen and oxygen atoms in total. The lowest BCUT2D eigenvalue weighted by atomic mass is 9.69. The van der Waals surface area contributed by atoms with Gasteiger partial charge in [-0.05, 0) is 18.9 Å². The number of rotatable bonds is 5. The predicted octanol–water partition coefficient (Wildman–Crippen LogP) is 1.83. The second-order valence-corrected chi connectivity index (χ2v) is 4.73. The minimum absolute atomic E-state index is 0.190. The Labute approximate surface area is 105 Å². The van der Waals surface area contributed by atoms with Crippen molar-refractivity contribution in [1.82, 2.24) is 5.32 Å². The number of carbonyl (C=O) groups is 2. The second-order valence-electron chi connectivity index (χ2n) is 4.73. The largest absolute Gasteiger partial charge is 0.481 e. The van der Waals surface area contributed by atoms with Crippen molar-refractivity contribution in [2.75, 3.05) is 6.54 Å². The van der Waals surface area contributed by atoms with Crippen molar-refractivity contribution in [3.63, 3.8) is 0 Å². The maximum atomic E-state index is 11.9. The summed E-state index contributed by atoms with van der Waals surface area (Å²) in [4.78, 5) is 23.1. The van der Waals surface area contributed by atoms with Crippen molar-refractivity contribution in [2.45, 2.75) is 32.6 Å². The van der Waals surface area contributed by atoms with Crippen LogP contribution in [0.1, 0.15) is 42.3 Å². The zero-order valence-electron chi connectivity index (χ0n) is 10.4. The van der Waals surface area contributed by atoms with Gasteiger partial charge in [-0.15, -0.1) is 0 Å². The molecule has 1 aliphatic carbocycles. The Morgan fingerprint density at radius 2 is 2.22 bits per heavy atom.